The molecule has 106 valence electrons. The molecule has 0 aromatic carbocycles. The minimum atomic E-state index is 0.993. The molecule has 0 unspecified atom stereocenters. The van der Waals surface area contributed by atoms with Crippen molar-refractivity contribution in [2.45, 2.75) is 30.7 Å². The van der Waals surface area contributed by atoms with Crippen LogP contribution in [0.3, 0.4) is 0 Å². The number of aromatic nitrogens is 2. The monoisotopic (exact) mass is 315 g/mol. The highest BCUT2D eigenvalue weighted by Crippen LogP contribution is 2.29. The van der Waals surface area contributed by atoms with Gasteiger partial charge in [0.25, 0.3) is 0 Å². The molecule has 2 heterocycles. The van der Waals surface area contributed by atoms with Gasteiger partial charge in [-0.25, -0.2) is 0 Å². The molecule has 0 N–H and O–H groups in total. The topological polar surface area (TPSA) is 29.0 Å². The van der Waals surface area contributed by atoms with Gasteiger partial charge in [0, 0.05) is 13.1 Å². The Morgan fingerprint density at radius 2 is 2.26 bits per heavy atom. The first-order valence-corrected chi connectivity index (χ1v) is 9.10. The van der Waals surface area contributed by atoms with Crippen LogP contribution in [-0.2, 0) is 0 Å². The second-order valence-electron chi connectivity index (χ2n) is 4.81. The summed E-state index contributed by atoms with van der Waals surface area (Å²) in [7, 11) is 2.16. The molecular formula is C13H21N3S3. The van der Waals surface area contributed by atoms with Gasteiger partial charge in [-0.05, 0) is 43.4 Å². The lowest BCUT2D eigenvalue weighted by molar-refractivity contribution is 0.372. The number of thiol groups is 1. The van der Waals surface area contributed by atoms with E-state index in [4.69, 9.17) is 0 Å². The van der Waals surface area contributed by atoms with E-state index in [1.807, 2.05) is 11.8 Å². The summed E-state index contributed by atoms with van der Waals surface area (Å²) in [5, 5.41) is 1.12. The molecule has 0 atom stereocenters. The summed E-state index contributed by atoms with van der Waals surface area (Å²) in [4.78, 5) is 2.34. The molecule has 0 fully saturated rings. The normalized spacial score (nSPS) is 16.6. The third kappa shape index (κ3) is 4.77. The molecular weight excluding hydrogens is 294 g/mol. The number of hydrogen-bond donors (Lipinski definition) is 1. The quantitative estimate of drug-likeness (QED) is 0.474. The largest absolute Gasteiger partial charge is 0.302 e. The molecule has 0 saturated carbocycles. The Bertz CT molecular complexity index is 417. The van der Waals surface area contributed by atoms with Crippen molar-refractivity contribution in [3.05, 3.63) is 11.8 Å². The molecule has 0 spiro atoms. The number of rotatable bonds is 7. The Labute approximate surface area is 129 Å². The first kappa shape index (κ1) is 15.4. The maximum Gasteiger partial charge on any atom is 0.138 e. The Hall–Kier alpha value is -0.0400. The van der Waals surface area contributed by atoms with Crippen molar-refractivity contribution >= 4 is 41.7 Å². The third-order valence-corrected chi connectivity index (χ3v) is 5.16. The van der Waals surface area contributed by atoms with Crippen LogP contribution < -0.4 is 0 Å². The molecule has 19 heavy (non-hydrogen) atoms. The average molecular weight is 316 g/mol. The van der Waals surface area contributed by atoms with Crippen LogP contribution in [0.1, 0.15) is 31.4 Å². The minimum absolute atomic E-state index is 0.993. The zero-order chi connectivity index (χ0) is 13.5. The fraction of sp³-hybridized carbons (Fsp3) is 0.692. The molecule has 0 aliphatic carbocycles. The second-order valence-corrected chi connectivity index (χ2v) is 6.87. The first-order chi connectivity index (χ1) is 9.31. The van der Waals surface area contributed by atoms with E-state index in [2.05, 4.69) is 39.4 Å². The van der Waals surface area contributed by atoms with Gasteiger partial charge in [-0.1, -0.05) is 12.5 Å². The smallest absolute Gasteiger partial charge is 0.138 e. The van der Waals surface area contributed by atoms with E-state index in [-0.39, 0.29) is 0 Å². The van der Waals surface area contributed by atoms with Gasteiger partial charge in [-0.15, -0.1) is 11.8 Å². The predicted octanol–water partition coefficient (Wildman–Crippen LogP) is 3.45. The highest BCUT2D eigenvalue weighted by molar-refractivity contribution is 7.99. The number of hydrogen-bond acceptors (Lipinski definition) is 6. The second kappa shape index (κ2) is 8.29. The van der Waals surface area contributed by atoms with Crippen molar-refractivity contribution in [1.82, 2.24) is 13.6 Å². The van der Waals surface area contributed by atoms with Gasteiger partial charge in [0.2, 0.25) is 0 Å². The van der Waals surface area contributed by atoms with E-state index in [1.54, 1.807) is 0 Å². The maximum absolute atomic E-state index is 4.49. The Morgan fingerprint density at radius 3 is 3.05 bits per heavy atom. The van der Waals surface area contributed by atoms with Crippen LogP contribution in [0.25, 0.3) is 5.57 Å². The van der Waals surface area contributed by atoms with Gasteiger partial charge in [0.1, 0.15) is 10.7 Å². The highest BCUT2D eigenvalue weighted by atomic mass is 32.2. The number of thioether (sulfide) groups is 1. The molecule has 0 radical (unpaired) electrons. The van der Waals surface area contributed by atoms with Gasteiger partial charge in [-0.3, -0.25) is 0 Å². The number of likely N-dealkylation sites (N-methyl/N-ethyl adjacent to an activating group) is 1. The summed E-state index contributed by atoms with van der Waals surface area (Å²) in [6.45, 7) is 2.14. The van der Waals surface area contributed by atoms with Crippen LogP contribution >= 0.6 is 36.1 Å². The first-order valence-electron chi connectivity index (χ1n) is 6.75. The molecule has 1 aromatic heterocycles. The zero-order valence-corrected chi connectivity index (χ0v) is 13.9. The average Bonchev–Trinajstić information content (AvgIpc) is 2.87. The lowest BCUT2D eigenvalue weighted by Crippen LogP contribution is -2.25. The van der Waals surface area contributed by atoms with Gasteiger partial charge < -0.3 is 4.90 Å². The summed E-state index contributed by atoms with van der Waals surface area (Å²) in [6.07, 6.45) is 7.15. The van der Waals surface area contributed by atoms with E-state index in [0.717, 1.165) is 41.7 Å². The number of unbranched alkanes of at least 4 members (excludes halogenated alkanes) is 2. The van der Waals surface area contributed by atoms with Crippen LogP contribution in [0.2, 0.25) is 0 Å². The molecule has 0 amide bonds. The molecule has 1 aromatic rings. The Balaban J connectivity index is 1.88. The van der Waals surface area contributed by atoms with Crippen molar-refractivity contribution in [3.63, 3.8) is 0 Å². The third-order valence-electron chi connectivity index (χ3n) is 3.15. The van der Waals surface area contributed by atoms with Crippen LogP contribution in [-0.4, -0.2) is 45.3 Å². The van der Waals surface area contributed by atoms with Crippen molar-refractivity contribution < 1.29 is 0 Å². The van der Waals surface area contributed by atoms with Crippen molar-refractivity contribution in [3.8, 4) is 0 Å². The van der Waals surface area contributed by atoms with E-state index < -0.39 is 0 Å². The summed E-state index contributed by atoms with van der Waals surface area (Å²) in [5.74, 6) is 2.13. The van der Waals surface area contributed by atoms with Gasteiger partial charge >= 0.3 is 0 Å². The van der Waals surface area contributed by atoms with Crippen molar-refractivity contribution in [1.29, 1.82) is 0 Å². The molecule has 0 saturated heterocycles. The zero-order valence-electron chi connectivity index (χ0n) is 11.3. The van der Waals surface area contributed by atoms with E-state index in [0.29, 0.717) is 0 Å². The standard InChI is InChI=1S/C13H21N3S3/c1-16-7-5-6-11(10-16)12-13(15-19-14-12)18-9-4-2-3-8-17/h6,17H,2-5,7-10H2,1H3. The van der Waals surface area contributed by atoms with E-state index in [1.165, 1.54) is 36.6 Å². The van der Waals surface area contributed by atoms with Crippen molar-refractivity contribution in [2.75, 3.05) is 31.6 Å². The SMILES string of the molecule is CN1CCC=C(c2nsnc2SCCCCCS)C1. The fourth-order valence-electron chi connectivity index (χ4n) is 2.10. The molecule has 3 nitrogen and oxygen atoms in total. The molecule has 1 aliphatic heterocycles. The van der Waals surface area contributed by atoms with Gasteiger partial charge in [0.15, 0.2) is 0 Å². The summed E-state index contributed by atoms with van der Waals surface area (Å²) >= 11 is 7.43. The molecule has 2 rings (SSSR count). The van der Waals surface area contributed by atoms with Crippen LogP contribution in [0.15, 0.2) is 11.1 Å². The summed E-state index contributed by atoms with van der Waals surface area (Å²) in [5.41, 5.74) is 2.47. The van der Waals surface area contributed by atoms with E-state index in [9.17, 15) is 0 Å². The highest BCUT2D eigenvalue weighted by Gasteiger charge is 2.17. The van der Waals surface area contributed by atoms with Gasteiger partial charge in [-0.2, -0.15) is 21.4 Å². The summed E-state index contributed by atoms with van der Waals surface area (Å²) < 4.78 is 8.95. The molecule has 0 bridgehead atoms. The lowest BCUT2D eigenvalue weighted by Gasteiger charge is -2.22. The minimum Gasteiger partial charge on any atom is -0.302 e. The van der Waals surface area contributed by atoms with Gasteiger partial charge in [0.05, 0.1) is 11.7 Å². The Kier molecular flexibility index (Phi) is 6.70. The molecule has 6 heteroatoms. The molecule has 1 aliphatic rings. The predicted molar refractivity (Wildman–Crippen MR) is 88.4 cm³/mol. The summed E-state index contributed by atoms with van der Waals surface area (Å²) in [6, 6.07) is 0. The van der Waals surface area contributed by atoms with E-state index >= 15 is 0 Å². The lowest BCUT2D eigenvalue weighted by atomic mass is 10.1. The maximum atomic E-state index is 4.49. The number of nitrogens with zero attached hydrogens (tertiary/aromatic N) is 3. The van der Waals surface area contributed by atoms with Crippen LogP contribution in [0.4, 0.5) is 0 Å². The van der Waals surface area contributed by atoms with Crippen molar-refractivity contribution in [2.24, 2.45) is 0 Å². The van der Waals surface area contributed by atoms with Crippen LogP contribution in [0, 0.1) is 0 Å². The fourth-order valence-corrected chi connectivity index (χ4v) is 4.03. The Morgan fingerprint density at radius 1 is 1.37 bits per heavy atom. The van der Waals surface area contributed by atoms with Crippen LogP contribution in [0.5, 0.6) is 0 Å².